The average molecular weight is 479 g/mol. The number of hydrogen-bond donors (Lipinski definition) is 0. The molecule has 0 radical (unpaired) electrons. The highest BCUT2D eigenvalue weighted by molar-refractivity contribution is 5.64. The van der Waals surface area contributed by atoms with Gasteiger partial charge in [0.1, 0.15) is 12.6 Å². The first-order valence-corrected chi connectivity index (χ1v) is 15.7. The van der Waals surface area contributed by atoms with Crippen molar-refractivity contribution in [3.63, 3.8) is 0 Å². The van der Waals surface area contributed by atoms with Crippen LogP contribution in [0.2, 0.25) is 0 Å². The summed E-state index contributed by atoms with van der Waals surface area (Å²) in [4.78, 5) is 23.2. The van der Waals surface area contributed by atoms with Gasteiger partial charge in [-0.3, -0.25) is 0 Å². The van der Waals surface area contributed by atoms with Crippen LogP contribution in [0.25, 0.3) is 0 Å². The molecule has 0 bridgehead atoms. The van der Waals surface area contributed by atoms with Crippen LogP contribution in [0.3, 0.4) is 0 Å². The van der Waals surface area contributed by atoms with Gasteiger partial charge in [0.15, 0.2) is 0 Å². The molecule has 2 nitrogen and oxygen atoms in total. The molecule has 0 aromatic rings. The van der Waals surface area contributed by atoms with E-state index in [1.165, 1.54) is 141 Å². The molecule has 202 valence electrons. The number of rotatable bonds is 29. The fourth-order valence-corrected chi connectivity index (χ4v) is 5.21. The van der Waals surface area contributed by atoms with Crippen molar-refractivity contribution in [3.05, 3.63) is 0 Å². The van der Waals surface area contributed by atoms with Gasteiger partial charge in [-0.15, -0.1) is 0 Å². The van der Waals surface area contributed by atoms with E-state index in [0.29, 0.717) is 0 Å². The molecule has 0 rings (SSSR count). The Balaban J connectivity index is 3.58. The van der Waals surface area contributed by atoms with Gasteiger partial charge in [0.25, 0.3) is 0 Å². The molecule has 0 aromatic heterocycles. The zero-order valence-electron chi connectivity index (χ0n) is 23.5. The molecule has 0 aliphatic rings. The second-order valence-electron chi connectivity index (χ2n) is 11.0. The van der Waals surface area contributed by atoms with Crippen molar-refractivity contribution in [3.8, 4) is 0 Å². The van der Waals surface area contributed by atoms with Gasteiger partial charge in [-0.2, -0.15) is 0 Å². The van der Waals surface area contributed by atoms with Crippen LogP contribution in [0.15, 0.2) is 0 Å². The van der Waals surface area contributed by atoms with E-state index in [9.17, 15) is 9.59 Å². The second-order valence-corrected chi connectivity index (χ2v) is 11.0. The quantitative estimate of drug-likeness (QED) is 0.0791. The first kappa shape index (κ1) is 33.3. The molecule has 2 heteroatoms. The van der Waals surface area contributed by atoms with E-state index in [0.717, 1.165) is 38.3 Å². The van der Waals surface area contributed by atoms with Crippen LogP contribution in [0.1, 0.15) is 181 Å². The van der Waals surface area contributed by atoms with Gasteiger partial charge in [-0.05, 0) is 12.8 Å². The van der Waals surface area contributed by atoms with E-state index in [-0.39, 0.29) is 11.8 Å². The Hall–Kier alpha value is -0.660. The summed E-state index contributed by atoms with van der Waals surface area (Å²) in [6, 6.07) is 0. The first-order chi connectivity index (χ1) is 16.8. The van der Waals surface area contributed by atoms with Crippen molar-refractivity contribution in [2.45, 2.75) is 181 Å². The van der Waals surface area contributed by atoms with Crippen LogP contribution in [-0.4, -0.2) is 12.6 Å². The predicted molar refractivity (Wildman–Crippen MR) is 150 cm³/mol. The molecule has 0 amide bonds. The Morgan fingerprint density at radius 1 is 0.353 bits per heavy atom. The topological polar surface area (TPSA) is 34.1 Å². The number of carbonyl (C=O) groups is 2. The average Bonchev–Trinajstić information content (AvgIpc) is 2.85. The fourth-order valence-electron chi connectivity index (χ4n) is 5.21. The van der Waals surface area contributed by atoms with Crippen molar-refractivity contribution in [2.24, 2.45) is 11.8 Å². The van der Waals surface area contributed by atoms with Crippen molar-refractivity contribution in [2.75, 3.05) is 0 Å². The highest BCUT2D eigenvalue weighted by Crippen LogP contribution is 2.23. The minimum Gasteiger partial charge on any atom is -0.303 e. The lowest BCUT2D eigenvalue weighted by molar-refractivity contribution is -0.119. The molecule has 0 saturated carbocycles. The van der Waals surface area contributed by atoms with Crippen LogP contribution < -0.4 is 0 Å². The molecule has 0 aliphatic heterocycles. The molecule has 0 fully saturated rings. The Kier molecular flexibility index (Phi) is 28.0. The van der Waals surface area contributed by atoms with Gasteiger partial charge >= 0.3 is 0 Å². The molecule has 2 atom stereocenters. The van der Waals surface area contributed by atoms with Gasteiger partial charge in [0.05, 0.1) is 0 Å². The van der Waals surface area contributed by atoms with Gasteiger partial charge in [-0.25, -0.2) is 0 Å². The van der Waals surface area contributed by atoms with E-state index in [2.05, 4.69) is 13.8 Å². The SMILES string of the molecule is CCCCCCCCCCCCCCC(C=O)C(C=O)CCCCCCCCCCCCCC. The maximum Gasteiger partial charge on any atom is 0.123 e. The van der Waals surface area contributed by atoms with Crippen molar-refractivity contribution in [1.82, 2.24) is 0 Å². The van der Waals surface area contributed by atoms with E-state index >= 15 is 0 Å². The molecule has 34 heavy (non-hydrogen) atoms. The summed E-state index contributed by atoms with van der Waals surface area (Å²) in [5.74, 6) is -0.0957. The lowest BCUT2D eigenvalue weighted by Crippen LogP contribution is -2.18. The van der Waals surface area contributed by atoms with Gasteiger partial charge in [0, 0.05) is 11.8 Å². The third-order valence-electron chi connectivity index (χ3n) is 7.68. The Morgan fingerprint density at radius 3 is 0.765 bits per heavy atom. The molecule has 0 saturated heterocycles. The smallest absolute Gasteiger partial charge is 0.123 e. The predicted octanol–water partition coefficient (Wildman–Crippen LogP) is 10.8. The number of hydrogen-bond acceptors (Lipinski definition) is 2. The molecule has 0 aromatic carbocycles. The summed E-state index contributed by atoms with van der Waals surface area (Å²) in [5, 5.41) is 0. The van der Waals surface area contributed by atoms with Crippen molar-refractivity contribution < 1.29 is 9.59 Å². The zero-order chi connectivity index (χ0) is 25.0. The normalized spacial score (nSPS) is 13.1. The summed E-state index contributed by atoms with van der Waals surface area (Å²) in [7, 11) is 0. The van der Waals surface area contributed by atoms with Crippen LogP contribution >= 0.6 is 0 Å². The lowest BCUT2D eigenvalue weighted by atomic mass is 9.86. The van der Waals surface area contributed by atoms with Crippen LogP contribution in [0.4, 0.5) is 0 Å². The largest absolute Gasteiger partial charge is 0.303 e. The molecule has 0 N–H and O–H groups in total. The van der Waals surface area contributed by atoms with E-state index in [1.807, 2.05) is 0 Å². The maximum atomic E-state index is 11.6. The molecular formula is C32H62O2. The van der Waals surface area contributed by atoms with Gasteiger partial charge in [-0.1, -0.05) is 168 Å². The van der Waals surface area contributed by atoms with Crippen molar-refractivity contribution in [1.29, 1.82) is 0 Å². The van der Waals surface area contributed by atoms with Crippen LogP contribution in [0.5, 0.6) is 0 Å². The molecule has 0 spiro atoms. The standard InChI is InChI=1S/C32H62O2/c1-3-5-7-9-11-13-15-17-19-21-23-25-27-31(29-33)32(30-34)28-26-24-22-20-18-16-14-12-10-8-6-4-2/h29-32H,3-28H2,1-2H3. The maximum absolute atomic E-state index is 11.6. The highest BCUT2D eigenvalue weighted by atomic mass is 16.1. The van der Waals surface area contributed by atoms with Crippen molar-refractivity contribution >= 4 is 12.6 Å². The molecule has 2 unspecified atom stereocenters. The summed E-state index contributed by atoms with van der Waals surface area (Å²) in [6.45, 7) is 4.55. The summed E-state index contributed by atoms with van der Waals surface area (Å²) < 4.78 is 0. The third kappa shape index (κ3) is 23.1. The van der Waals surface area contributed by atoms with Crippen LogP contribution in [-0.2, 0) is 9.59 Å². The summed E-state index contributed by atoms with van der Waals surface area (Å²) in [5.41, 5.74) is 0. The number of carbonyl (C=O) groups excluding carboxylic acids is 2. The van der Waals surface area contributed by atoms with E-state index < -0.39 is 0 Å². The molecule has 0 aliphatic carbocycles. The third-order valence-corrected chi connectivity index (χ3v) is 7.68. The van der Waals surface area contributed by atoms with Crippen LogP contribution in [0, 0.1) is 11.8 Å². The molecular weight excluding hydrogens is 416 g/mol. The Labute approximate surface area is 214 Å². The monoisotopic (exact) mass is 478 g/mol. The number of aldehydes is 2. The lowest BCUT2D eigenvalue weighted by Gasteiger charge is -2.17. The minimum absolute atomic E-state index is 0.0478. The number of unbranched alkanes of at least 4 members (excludes halogenated alkanes) is 22. The van der Waals surface area contributed by atoms with E-state index in [1.54, 1.807) is 0 Å². The highest BCUT2D eigenvalue weighted by Gasteiger charge is 2.19. The Morgan fingerprint density at radius 2 is 0.559 bits per heavy atom. The van der Waals surface area contributed by atoms with Gasteiger partial charge in [0.2, 0.25) is 0 Å². The Bertz CT molecular complexity index is 368. The minimum atomic E-state index is -0.0478. The first-order valence-electron chi connectivity index (χ1n) is 15.7. The second kappa shape index (κ2) is 28.6. The van der Waals surface area contributed by atoms with E-state index in [4.69, 9.17) is 0 Å². The molecule has 0 heterocycles. The zero-order valence-corrected chi connectivity index (χ0v) is 23.5. The summed E-state index contributed by atoms with van der Waals surface area (Å²) >= 11 is 0. The van der Waals surface area contributed by atoms with Gasteiger partial charge < -0.3 is 9.59 Å². The summed E-state index contributed by atoms with van der Waals surface area (Å²) in [6.07, 6.45) is 36.0. The fraction of sp³-hybridized carbons (Fsp3) is 0.938.